The molecule has 0 aliphatic carbocycles. The Morgan fingerprint density at radius 3 is 2.85 bits per heavy atom. The lowest BCUT2D eigenvalue weighted by Gasteiger charge is -2.41. The lowest BCUT2D eigenvalue weighted by Crippen LogP contribution is -2.58. The highest BCUT2D eigenvalue weighted by Gasteiger charge is 2.45. The van der Waals surface area contributed by atoms with Gasteiger partial charge in [0.2, 0.25) is 0 Å². The van der Waals surface area contributed by atoms with E-state index in [1.54, 1.807) is 36.3 Å². The van der Waals surface area contributed by atoms with Crippen LogP contribution in [0.2, 0.25) is 0 Å². The number of carbonyl (C=O) groups is 3. The van der Waals surface area contributed by atoms with Gasteiger partial charge in [-0.25, -0.2) is 4.79 Å². The van der Waals surface area contributed by atoms with Gasteiger partial charge in [-0.3, -0.25) is 9.59 Å². The Morgan fingerprint density at radius 1 is 1.35 bits per heavy atom. The highest BCUT2D eigenvalue weighted by Crippen LogP contribution is 2.32. The molecule has 1 aromatic rings. The van der Waals surface area contributed by atoms with E-state index in [1.807, 2.05) is 0 Å². The average Bonchev–Trinajstić information content (AvgIpc) is 2.62. The van der Waals surface area contributed by atoms with Crippen molar-refractivity contribution in [1.82, 2.24) is 4.90 Å². The largest absolute Gasteiger partial charge is 0.505 e. The second-order valence-electron chi connectivity index (χ2n) is 6.03. The fourth-order valence-electron chi connectivity index (χ4n) is 2.86. The Morgan fingerprint density at radius 2 is 2.12 bits per heavy atom. The number of carbonyl (C=O) groups excluding carboxylic acids is 3. The number of aromatic hydroxyl groups is 1. The van der Waals surface area contributed by atoms with E-state index in [9.17, 15) is 19.5 Å². The second-order valence-corrected chi connectivity index (χ2v) is 6.03. The van der Waals surface area contributed by atoms with Crippen molar-refractivity contribution in [2.24, 2.45) is 4.99 Å². The number of rotatable bonds is 3. The Bertz CT molecular complexity index is 887. The number of phenols is 1. The molecule has 0 saturated heterocycles. The third-order valence-corrected chi connectivity index (χ3v) is 4.28. The first kappa shape index (κ1) is 17.4. The number of nitrogens with zero attached hydrogens (tertiary/aromatic N) is 2. The number of aliphatic imine (C=N–C) groups is 1. The topological polar surface area (TPSA) is 108 Å². The minimum Gasteiger partial charge on any atom is -0.505 e. The molecule has 0 aromatic heterocycles. The number of anilines is 1. The molecule has 0 bridgehead atoms. The predicted molar refractivity (Wildman–Crippen MR) is 93.7 cm³/mol. The fraction of sp³-hybridized carbons (Fsp3) is 0.222. The predicted octanol–water partition coefficient (Wildman–Crippen LogP) is 1.59. The highest BCUT2D eigenvalue weighted by molar-refractivity contribution is 6.12. The first-order valence-electron chi connectivity index (χ1n) is 7.84. The van der Waals surface area contributed by atoms with Gasteiger partial charge in [-0.05, 0) is 31.2 Å². The third-order valence-electron chi connectivity index (χ3n) is 4.28. The van der Waals surface area contributed by atoms with Crippen LogP contribution in [0.25, 0.3) is 0 Å². The molecule has 3 rings (SSSR count). The van der Waals surface area contributed by atoms with E-state index < -0.39 is 29.1 Å². The zero-order valence-electron chi connectivity index (χ0n) is 14.2. The number of ether oxygens (including phenoxy) is 1. The van der Waals surface area contributed by atoms with Crippen molar-refractivity contribution in [1.29, 1.82) is 0 Å². The van der Waals surface area contributed by atoms with Gasteiger partial charge in [0.15, 0.2) is 5.75 Å². The van der Waals surface area contributed by atoms with E-state index in [-0.39, 0.29) is 17.7 Å². The number of methoxy groups -OCH3 is 1. The summed E-state index contributed by atoms with van der Waals surface area (Å²) in [5.41, 5.74) is -1.26. The molecular formula is C18H17N3O5. The van der Waals surface area contributed by atoms with Gasteiger partial charge >= 0.3 is 5.97 Å². The first-order chi connectivity index (χ1) is 12.4. The van der Waals surface area contributed by atoms with Crippen LogP contribution >= 0.6 is 0 Å². The zero-order chi connectivity index (χ0) is 18.9. The molecule has 1 aromatic carbocycles. The molecule has 8 nitrogen and oxygen atoms in total. The minimum absolute atomic E-state index is 0.0483. The van der Waals surface area contributed by atoms with Crippen molar-refractivity contribution >= 4 is 29.3 Å². The van der Waals surface area contributed by atoms with Crippen LogP contribution in [-0.2, 0) is 14.3 Å². The van der Waals surface area contributed by atoms with Gasteiger partial charge in [0.25, 0.3) is 11.8 Å². The molecule has 0 radical (unpaired) electrons. The van der Waals surface area contributed by atoms with E-state index in [0.717, 1.165) is 0 Å². The van der Waals surface area contributed by atoms with Crippen LogP contribution in [0.4, 0.5) is 5.69 Å². The van der Waals surface area contributed by atoms with Crippen molar-refractivity contribution in [2.45, 2.75) is 18.9 Å². The lowest BCUT2D eigenvalue weighted by molar-refractivity contribution is -0.130. The molecule has 0 spiro atoms. The quantitative estimate of drug-likeness (QED) is 0.630. The molecule has 134 valence electrons. The Labute approximate surface area is 149 Å². The van der Waals surface area contributed by atoms with Crippen molar-refractivity contribution in [3.8, 4) is 5.75 Å². The van der Waals surface area contributed by atoms with Gasteiger partial charge in [0.1, 0.15) is 16.9 Å². The number of benzene rings is 1. The summed E-state index contributed by atoms with van der Waals surface area (Å²) in [5, 5.41) is 12.9. The van der Waals surface area contributed by atoms with Gasteiger partial charge < -0.3 is 20.1 Å². The Hall–Kier alpha value is -3.42. The number of hydrogen-bond donors (Lipinski definition) is 2. The van der Waals surface area contributed by atoms with Gasteiger partial charge in [-0.15, -0.1) is 0 Å². The average molecular weight is 355 g/mol. The van der Waals surface area contributed by atoms with Crippen LogP contribution in [0, 0.1) is 0 Å². The van der Waals surface area contributed by atoms with E-state index in [1.165, 1.54) is 25.3 Å². The van der Waals surface area contributed by atoms with Crippen LogP contribution in [-0.4, -0.2) is 46.3 Å². The van der Waals surface area contributed by atoms with E-state index >= 15 is 0 Å². The van der Waals surface area contributed by atoms with Crippen molar-refractivity contribution < 1.29 is 24.2 Å². The monoisotopic (exact) mass is 355 g/mol. The summed E-state index contributed by atoms with van der Waals surface area (Å²) in [7, 11) is 1.19. The number of amidine groups is 1. The number of nitrogens with one attached hydrogen (secondary N) is 1. The van der Waals surface area contributed by atoms with Crippen LogP contribution in [0.15, 0.2) is 47.6 Å². The van der Waals surface area contributed by atoms with Gasteiger partial charge in [-0.2, -0.15) is 4.99 Å². The molecule has 2 aliphatic heterocycles. The molecule has 2 N–H and O–H groups in total. The number of allylic oxidation sites excluding steroid dienone is 2. The first-order valence-corrected chi connectivity index (χ1v) is 7.84. The van der Waals surface area contributed by atoms with E-state index in [0.29, 0.717) is 5.84 Å². The maximum Gasteiger partial charge on any atom is 0.341 e. The molecule has 2 amide bonds. The van der Waals surface area contributed by atoms with Gasteiger partial charge in [0, 0.05) is 6.20 Å². The number of phenolic OH excluding ortho intramolecular Hbond substituents is 1. The second kappa shape index (κ2) is 6.47. The standard InChI is InChI=1S/C18H17N3O5/c1-18(10-14(22)20-13-8-3-4-9-21(13)18)17(25)19-12-7-5-6-11(15(12)23)16(24)26-2/h3-9,23H,10H2,1-2H3,(H,19,25). The molecule has 1 atom stereocenters. The number of hydrogen-bond acceptors (Lipinski definition) is 6. The molecule has 1 unspecified atom stereocenters. The molecule has 2 aliphatic rings. The minimum atomic E-state index is -1.23. The summed E-state index contributed by atoms with van der Waals surface area (Å²) in [6.07, 6.45) is 6.62. The summed E-state index contributed by atoms with van der Waals surface area (Å²) >= 11 is 0. The maximum absolute atomic E-state index is 12.9. The fourth-order valence-corrected chi connectivity index (χ4v) is 2.86. The Balaban J connectivity index is 1.92. The summed E-state index contributed by atoms with van der Waals surface area (Å²) < 4.78 is 4.60. The van der Waals surface area contributed by atoms with Gasteiger partial charge in [0.05, 0.1) is 19.2 Å². The molecule has 2 heterocycles. The molecule has 8 heteroatoms. The summed E-state index contributed by atoms with van der Waals surface area (Å²) in [4.78, 5) is 42.1. The summed E-state index contributed by atoms with van der Waals surface area (Å²) in [6, 6.07) is 4.34. The van der Waals surface area contributed by atoms with E-state index in [2.05, 4.69) is 15.0 Å². The summed E-state index contributed by atoms with van der Waals surface area (Å²) in [6.45, 7) is 1.61. The SMILES string of the molecule is COC(=O)c1cccc(NC(=O)C2(C)CC(=O)N=C3C=CC=CN32)c1O. The van der Waals surface area contributed by atoms with Crippen LogP contribution in [0.5, 0.6) is 5.75 Å². The van der Waals surface area contributed by atoms with Crippen LogP contribution in [0.3, 0.4) is 0 Å². The van der Waals surface area contributed by atoms with Gasteiger partial charge in [-0.1, -0.05) is 12.1 Å². The van der Waals surface area contributed by atoms with Crippen molar-refractivity contribution in [3.63, 3.8) is 0 Å². The number of para-hydroxylation sites is 1. The molecular weight excluding hydrogens is 338 g/mol. The third kappa shape index (κ3) is 2.85. The highest BCUT2D eigenvalue weighted by atomic mass is 16.5. The number of fused-ring (bicyclic) bond motifs is 1. The molecule has 0 fully saturated rings. The molecule has 0 saturated carbocycles. The smallest absolute Gasteiger partial charge is 0.341 e. The summed E-state index contributed by atoms with van der Waals surface area (Å²) in [5.74, 6) is -1.69. The van der Waals surface area contributed by atoms with E-state index in [4.69, 9.17) is 0 Å². The maximum atomic E-state index is 12.9. The number of esters is 1. The number of amides is 2. The van der Waals surface area contributed by atoms with Crippen molar-refractivity contribution in [3.05, 3.63) is 48.2 Å². The normalized spacial score (nSPS) is 21.1. The van der Waals surface area contributed by atoms with Crippen molar-refractivity contribution in [2.75, 3.05) is 12.4 Å². The molecule has 26 heavy (non-hydrogen) atoms. The Kier molecular flexibility index (Phi) is 4.33. The lowest BCUT2D eigenvalue weighted by atomic mass is 9.91. The van der Waals surface area contributed by atoms with Crippen LogP contribution < -0.4 is 5.32 Å². The zero-order valence-corrected chi connectivity index (χ0v) is 14.2. The van der Waals surface area contributed by atoms with Crippen LogP contribution in [0.1, 0.15) is 23.7 Å².